The predicted molar refractivity (Wildman–Crippen MR) is 142 cm³/mol. The molecule has 0 spiro atoms. The molecule has 216 valence electrons. The Labute approximate surface area is 230 Å². The number of sulfonamides is 2. The van der Waals surface area contributed by atoms with Gasteiger partial charge in [0, 0.05) is 44.0 Å². The number of aromatic nitrogens is 2. The quantitative estimate of drug-likeness (QED) is 0.404. The molecule has 1 saturated heterocycles. The number of hydrogen-bond acceptors (Lipinski definition) is 6. The summed E-state index contributed by atoms with van der Waals surface area (Å²) >= 11 is 0. The molecule has 2 aromatic carbocycles. The van der Waals surface area contributed by atoms with Crippen molar-refractivity contribution in [2.45, 2.75) is 36.5 Å². The van der Waals surface area contributed by atoms with Crippen molar-refractivity contribution in [3.8, 4) is 0 Å². The first-order valence-electron chi connectivity index (χ1n) is 12.2. The fourth-order valence-corrected chi connectivity index (χ4v) is 6.78. The van der Waals surface area contributed by atoms with Crippen molar-refractivity contribution >= 4 is 36.9 Å². The summed E-state index contributed by atoms with van der Waals surface area (Å²) in [5.74, 6) is -0.483. The average Bonchev–Trinajstić information content (AvgIpc) is 3.52. The Hall–Kier alpha value is -3.27. The van der Waals surface area contributed by atoms with Gasteiger partial charge >= 0.3 is 6.18 Å². The normalized spacial score (nSPS) is 16.9. The van der Waals surface area contributed by atoms with Gasteiger partial charge in [-0.15, -0.1) is 0 Å². The molecule has 0 aliphatic carbocycles. The molecule has 2 heterocycles. The van der Waals surface area contributed by atoms with Crippen molar-refractivity contribution in [2.24, 2.45) is 0 Å². The van der Waals surface area contributed by atoms with Crippen LogP contribution in [0.25, 0.3) is 10.9 Å². The van der Waals surface area contributed by atoms with Crippen LogP contribution < -0.4 is 4.72 Å². The second kappa shape index (κ2) is 11.0. The number of alkyl halides is 3. The first-order valence-corrected chi connectivity index (χ1v) is 15.1. The predicted octanol–water partition coefficient (Wildman–Crippen LogP) is 3.02. The highest BCUT2D eigenvalue weighted by Crippen LogP contribution is 2.31. The molecule has 40 heavy (non-hydrogen) atoms. The van der Waals surface area contributed by atoms with E-state index >= 15 is 0 Å². The van der Waals surface area contributed by atoms with Crippen molar-refractivity contribution in [2.75, 3.05) is 27.2 Å². The summed E-state index contributed by atoms with van der Waals surface area (Å²) in [5.41, 5.74) is 0.110. The van der Waals surface area contributed by atoms with Gasteiger partial charge in [0.1, 0.15) is 0 Å². The molecule has 1 amide bonds. The number of nitrogens with one attached hydrogen (secondary N) is 1. The molecule has 1 fully saturated rings. The van der Waals surface area contributed by atoms with Gasteiger partial charge in [-0.1, -0.05) is 18.7 Å². The lowest BCUT2D eigenvalue weighted by Crippen LogP contribution is -2.42. The Morgan fingerprint density at radius 3 is 2.42 bits per heavy atom. The molecule has 1 aliphatic rings. The third kappa shape index (κ3) is 6.06. The van der Waals surface area contributed by atoms with Crippen molar-refractivity contribution in [3.05, 3.63) is 71.3 Å². The SMILES string of the molecule is C=CS(=O)(=O)NC[C@H]1CCCN1S(=O)(=O)c1ccc2c(c1)c(C(=O)N(C)C)nn2Cc1ccc(C(F)(F)F)cc1. The molecule has 0 saturated carbocycles. The van der Waals surface area contributed by atoms with Crippen LogP contribution in [0, 0.1) is 0 Å². The van der Waals surface area contributed by atoms with E-state index in [1.54, 1.807) is 0 Å². The van der Waals surface area contributed by atoms with E-state index < -0.39 is 43.7 Å². The summed E-state index contributed by atoms with van der Waals surface area (Å²) in [4.78, 5) is 14.1. The number of benzene rings is 2. The van der Waals surface area contributed by atoms with Crippen LogP contribution in [0.15, 0.2) is 59.3 Å². The maximum absolute atomic E-state index is 13.6. The average molecular weight is 600 g/mol. The fourth-order valence-electron chi connectivity index (χ4n) is 4.52. The van der Waals surface area contributed by atoms with Crippen molar-refractivity contribution in [3.63, 3.8) is 0 Å². The van der Waals surface area contributed by atoms with E-state index in [1.165, 1.54) is 58.3 Å². The van der Waals surface area contributed by atoms with Crippen LogP contribution in [0.4, 0.5) is 13.2 Å². The zero-order chi connectivity index (χ0) is 29.5. The van der Waals surface area contributed by atoms with E-state index in [0.717, 1.165) is 17.5 Å². The summed E-state index contributed by atoms with van der Waals surface area (Å²) in [6, 6.07) is 8.15. The zero-order valence-corrected chi connectivity index (χ0v) is 23.4. The van der Waals surface area contributed by atoms with Crippen LogP contribution in [0.2, 0.25) is 0 Å². The third-order valence-corrected chi connectivity index (χ3v) is 9.57. The summed E-state index contributed by atoms with van der Waals surface area (Å²) < 4.78 is 94.7. The number of carbonyl (C=O) groups is 1. The lowest BCUT2D eigenvalue weighted by Gasteiger charge is -2.24. The highest BCUT2D eigenvalue weighted by molar-refractivity contribution is 7.92. The van der Waals surface area contributed by atoms with Crippen molar-refractivity contribution in [1.82, 2.24) is 23.7 Å². The van der Waals surface area contributed by atoms with Gasteiger partial charge in [-0.25, -0.2) is 21.6 Å². The molecule has 1 atom stereocenters. The van der Waals surface area contributed by atoms with Crippen LogP contribution in [-0.4, -0.2) is 75.0 Å². The van der Waals surface area contributed by atoms with Gasteiger partial charge in [0.05, 0.1) is 22.5 Å². The van der Waals surface area contributed by atoms with E-state index in [9.17, 15) is 34.8 Å². The van der Waals surface area contributed by atoms with E-state index in [-0.39, 0.29) is 35.6 Å². The third-order valence-electron chi connectivity index (χ3n) is 6.61. The van der Waals surface area contributed by atoms with Gasteiger partial charge < -0.3 is 4.90 Å². The van der Waals surface area contributed by atoms with Gasteiger partial charge in [0.15, 0.2) is 5.69 Å². The number of rotatable bonds is 9. The molecule has 3 aromatic rings. The summed E-state index contributed by atoms with van der Waals surface area (Å²) in [5, 5.41) is 5.40. The van der Waals surface area contributed by atoms with Gasteiger partial charge in [-0.3, -0.25) is 9.48 Å². The summed E-state index contributed by atoms with van der Waals surface area (Å²) in [7, 11) is -4.79. The lowest BCUT2D eigenvalue weighted by molar-refractivity contribution is -0.137. The number of nitrogens with zero attached hydrogens (tertiary/aromatic N) is 4. The fraction of sp³-hybridized carbons (Fsp3) is 0.360. The summed E-state index contributed by atoms with van der Waals surface area (Å²) in [6.07, 6.45) is -3.48. The van der Waals surface area contributed by atoms with Crippen LogP contribution in [0.5, 0.6) is 0 Å². The number of halogens is 3. The van der Waals surface area contributed by atoms with E-state index in [4.69, 9.17) is 0 Å². The molecule has 1 aliphatic heterocycles. The standard InChI is InChI=1S/C25H28F3N5O5S2/c1-4-39(35,36)29-15-19-6-5-13-33(19)40(37,38)20-11-12-22-21(14-20)23(24(34)31(2)3)30-32(22)16-17-7-9-18(10-8-17)25(26,27)28/h4,7-12,14,19,29H,1,5-6,13,15-16H2,2-3H3/t19-/m1/s1. The second-order valence-electron chi connectivity index (χ2n) is 9.55. The molecule has 0 radical (unpaired) electrons. The molecule has 15 heteroatoms. The maximum Gasteiger partial charge on any atom is 0.416 e. The lowest BCUT2D eigenvalue weighted by atomic mass is 10.1. The van der Waals surface area contributed by atoms with Gasteiger partial charge in [-0.2, -0.15) is 22.6 Å². The summed E-state index contributed by atoms with van der Waals surface area (Å²) in [6.45, 7) is 3.35. The topological polar surface area (TPSA) is 122 Å². The number of fused-ring (bicyclic) bond motifs is 1. The van der Waals surface area contributed by atoms with E-state index in [2.05, 4.69) is 16.4 Å². The highest BCUT2D eigenvalue weighted by Gasteiger charge is 2.36. The Bertz CT molecular complexity index is 1650. The molecule has 1 aromatic heterocycles. The first kappa shape index (κ1) is 29.7. The molecular formula is C25H28F3N5O5S2. The zero-order valence-electron chi connectivity index (χ0n) is 21.7. The van der Waals surface area contributed by atoms with Gasteiger partial charge in [0.2, 0.25) is 20.0 Å². The molecule has 0 unspecified atom stereocenters. The van der Waals surface area contributed by atoms with Crippen LogP contribution in [0.1, 0.15) is 34.5 Å². The van der Waals surface area contributed by atoms with Gasteiger partial charge in [-0.05, 0) is 48.7 Å². The highest BCUT2D eigenvalue weighted by atomic mass is 32.2. The maximum atomic E-state index is 13.6. The Morgan fingerprint density at radius 1 is 1.15 bits per heavy atom. The van der Waals surface area contributed by atoms with Crippen LogP contribution in [-0.2, 0) is 32.8 Å². The smallest absolute Gasteiger partial charge is 0.343 e. The van der Waals surface area contributed by atoms with Crippen LogP contribution >= 0.6 is 0 Å². The Balaban J connectivity index is 1.71. The molecular weight excluding hydrogens is 571 g/mol. The first-order chi connectivity index (χ1) is 18.6. The molecule has 1 N–H and O–H groups in total. The second-order valence-corrected chi connectivity index (χ2v) is 13.2. The molecule has 10 nitrogen and oxygen atoms in total. The van der Waals surface area contributed by atoms with Crippen molar-refractivity contribution < 1.29 is 34.8 Å². The minimum atomic E-state index is -4.48. The van der Waals surface area contributed by atoms with E-state index in [1.807, 2.05) is 0 Å². The number of hydrogen-bond donors (Lipinski definition) is 1. The minimum Gasteiger partial charge on any atom is -0.343 e. The number of carbonyl (C=O) groups excluding carboxylic acids is 1. The minimum absolute atomic E-state index is 0.0133. The Kier molecular flexibility index (Phi) is 8.13. The van der Waals surface area contributed by atoms with E-state index in [0.29, 0.717) is 23.9 Å². The number of amides is 1. The molecule has 4 rings (SSSR count). The largest absolute Gasteiger partial charge is 0.416 e. The Morgan fingerprint density at radius 2 is 1.82 bits per heavy atom. The van der Waals surface area contributed by atoms with Crippen molar-refractivity contribution in [1.29, 1.82) is 0 Å². The van der Waals surface area contributed by atoms with Gasteiger partial charge in [0.25, 0.3) is 5.91 Å². The monoisotopic (exact) mass is 599 g/mol. The molecule has 0 bridgehead atoms. The van der Waals surface area contributed by atoms with Crippen LogP contribution in [0.3, 0.4) is 0 Å².